The van der Waals surface area contributed by atoms with E-state index in [1.165, 1.54) is 18.2 Å². The van der Waals surface area contributed by atoms with E-state index in [9.17, 15) is 27.6 Å². The van der Waals surface area contributed by atoms with E-state index in [4.69, 9.17) is 9.39 Å². The number of benzene rings is 2. The zero-order valence-electron chi connectivity index (χ0n) is 18.1. The second-order valence-electron chi connectivity index (χ2n) is 7.99. The van der Waals surface area contributed by atoms with Crippen molar-refractivity contribution in [2.45, 2.75) is 50.0 Å². The van der Waals surface area contributed by atoms with Crippen molar-refractivity contribution in [3.8, 4) is 0 Å². The fourth-order valence-electron chi connectivity index (χ4n) is 4.01. The Morgan fingerprint density at radius 3 is 2.29 bits per heavy atom. The highest BCUT2D eigenvalue weighted by molar-refractivity contribution is 7.86. The third kappa shape index (κ3) is 4.57. The average molecular weight is 487 g/mol. The van der Waals surface area contributed by atoms with Gasteiger partial charge in [0, 0.05) is 36.6 Å². The Kier molecular flexibility index (Phi) is 6.49. The third-order valence-corrected chi connectivity index (χ3v) is 6.86. The maximum Gasteiger partial charge on any atom is 0.318 e. The summed E-state index contributed by atoms with van der Waals surface area (Å²) in [5, 5.41) is 9.61. The number of imide groups is 1. The second kappa shape index (κ2) is 9.35. The lowest BCUT2D eigenvalue weighted by Crippen LogP contribution is -2.32. The monoisotopic (exact) mass is 486 g/mol. The summed E-state index contributed by atoms with van der Waals surface area (Å²) >= 11 is 0. The lowest BCUT2D eigenvalue weighted by Gasteiger charge is -2.17. The van der Waals surface area contributed by atoms with Gasteiger partial charge in [0.05, 0.1) is 15.9 Å². The molecule has 3 aromatic rings. The Hall–Kier alpha value is -3.57. The van der Waals surface area contributed by atoms with Gasteiger partial charge in [0.15, 0.2) is 5.43 Å². The van der Waals surface area contributed by atoms with Crippen LogP contribution in [0.4, 0.5) is 0 Å². The number of carbonyl (C=O) groups is 3. The molecule has 2 heterocycles. The van der Waals surface area contributed by atoms with Crippen LogP contribution in [0.1, 0.15) is 38.5 Å². The van der Waals surface area contributed by atoms with Gasteiger partial charge in [-0.05, 0) is 43.2 Å². The molecule has 0 saturated carbocycles. The van der Waals surface area contributed by atoms with E-state index in [1.54, 1.807) is 24.3 Å². The summed E-state index contributed by atoms with van der Waals surface area (Å²) in [7, 11) is -4.54. The molecular formula is C23H22N2O8S. The number of carboxylic acid groups (broad SMARTS) is 1. The van der Waals surface area contributed by atoms with Gasteiger partial charge in [-0.2, -0.15) is 8.42 Å². The largest absolute Gasteiger partial charge is 0.481 e. The van der Waals surface area contributed by atoms with Crippen molar-refractivity contribution in [2.75, 3.05) is 0 Å². The van der Waals surface area contributed by atoms with E-state index >= 15 is 0 Å². The average Bonchev–Trinajstić information content (AvgIpc) is 3.12. The van der Waals surface area contributed by atoms with Gasteiger partial charge < -0.3 is 9.67 Å². The topological polar surface area (TPSA) is 140 Å². The number of aryl methyl sites for hydroxylation is 1. The van der Waals surface area contributed by atoms with Crippen LogP contribution in [-0.4, -0.2) is 40.9 Å². The second-order valence-corrected chi connectivity index (χ2v) is 9.52. The first-order chi connectivity index (χ1) is 16.2. The molecule has 2 aromatic carbocycles. The van der Waals surface area contributed by atoms with Crippen LogP contribution in [0, 0.1) is 0 Å². The van der Waals surface area contributed by atoms with E-state index in [0.29, 0.717) is 42.2 Å². The normalized spacial score (nSPS) is 14.4. The molecular weight excluding hydrogens is 464 g/mol. The first-order valence-corrected chi connectivity index (χ1v) is 12.2. The summed E-state index contributed by atoms with van der Waals surface area (Å²) < 4.78 is 32.2. The van der Waals surface area contributed by atoms with Gasteiger partial charge >= 0.3 is 16.1 Å². The number of fused-ring (bicyclic) bond motifs is 2. The van der Waals surface area contributed by atoms with E-state index in [2.05, 4.69) is 0 Å². The van der Waals surface area contributed by atoms with Gasteiger partial charge in [-0.3, -0.25) is 19.2 Å². The molecule has 0 radical (unpaired) electrons. The quantitative estimate of drug-likeness (QED) is 0.276. The number of rotatable bonds is 9. The summed E-state index contributed by atoms with van der Waals surface area (Å²) in [4.78, 5) is 47.1. The number of para-hydroxylation sites is 1. The van der Waals surface area contributed by atoms with Crippen molar-refractivity contribution in [2.24, 2.45) is 0 Å². The number of hydrogen-bond acceptors (Lipinski definition) is 7. The highest BCUT2D eigenvalue weighted by atomic mass is 32.2. The molecule has 0 bridgehead atoms. The smallest absolute Gasteiger partial charge is 0.318 e. The van der Waals surface area contributed by atoms with Crippen LogP contribution in [0.3, 0.4) is 0 Å². The van der Waals surface area contributed by atoms with Crippen molar-refractivity contribution in [3.63, 3.8) is 0 Å². The standard InChI is InChI=1S/C23H22N2O8S/c26-20-11-12-21(27)25(20)33-34(31,32)15-9-10-19-17(14-15)23(30)16-6-3-4-7-18(16)24(19)13-5-1-2-8-22(28)29/h3-4,6-7,9-10,14H,1-2,5,8,11-13H2,(H,28,29). The number of aromatic nitrogens is 1. The number of aliphatic carboxylic acids is 1. The molecule has 1 aliphatic rings. The molecule has 0 unspecified atom stereocenters. The molecule has 34 heavy (non-hydrogen) atoms. The Labute approximate surface area is 194 Å². The van der Waals surface area contributed by atoms with Crippen LogP contribution in [0.5, 0.6) is 0 Å². The molecule has 1 aliphatic heterocycles. The summed E-state index contributed by atoms with van der Waals surface area (Å²) in [6.07, 6.45) is 1.68. The summed E-state index contributed by atoms with van der Waals surface area (Å²) in [6, 6.07) is 10.9. The van der Waals surface area contributed by atoms with Gasteiger partial charge in [0.25, 0.3) is 11.8 Å². The van der Waals surface area contributed by atoms with E-state index < -0.39 is 27.9 Å². The Morgan fingerprint density at radius 2 is 1.59 bits per heavy atom. The molecule has 1 saturated heterocycles. The van der Waals surface area contributed by atoms with Crippen molar-refractivity contribution in [3.05, 3.63) is 52.7 Å². The van der Waals surface area contributed by atoms with Crippen molar-refractivity contribution in [1.82, 2.24) is 9.63 Å². The number of amides is 2. The molecule has 0 aliphatic carbocycles. The predicted octanol–water partition coefficient (Wildman–Crippen LogP) is 2.57. The summed E-state index contributed by atoms with van der Waals surface area (Å²) in [5.41, 5.74) is 0.825. The SMILES string of the molecule is O=C(O)CCCCCn1c2ccccc2c(=O)c2cc(S(=O)(=O)ON3C(=O)CCC3=O)ccc21. The molecule has 4 rings (SSSR count). The van der Waals surface area contributed by atoms with Crippen molar-refractivity contribution >= 4 is 49.7 Å². The Bertz CT molecular complexity index is 1460. The molecule has 1 fully saturated rings. The number of hydroxylamine groups is 2. The number of carboxylic acids is 1. The molecule has 2 amide bonds. The Balaban J connectivity index is 1.74. The van der Waals surface area contributed by atoms with Gasteiger partial charge in [-0.1, -0.05) is 18.6 Å². The highest BCUT2D eigenvalue weighted by Gasteiger charge is 2.35. The minimum absolute atomic E-state index is 0.0783. The molecule has 0 spiro atoms. The van der Waals surface area contributed by atoms with Crippen LogP contribution >= 0.6 is 0 Å². The maximum atomic E-state index is 13.2. The van der Waals surface area contributed by atoms with Crippen LogP contribution in [-0.2, 0) is 35.3 Å². The molecule has 0 atom stereocenters. The van der Waals surface area contributed by atoms with Gasteiger partial charge in [0.1, 0.15) is 0 Å². The fraction of sp³-hybridized carbons (Fsp3) is 0.304. The maximum absolute atomic E-state index is 13.2. The van der Waals surface area contributed by atoms with E-state index in [1.807, 2.05) is 4.57 Å². The van der Waals surface area contributed by atoms with Gasteiger partial charge in [-0.15, -0.1) is 9.35 Å². The van der Waals surface area contributed by atoms with Gasteiger partial charge in [0.2, 0.25) is 0 Å². The number of nitrogens with zero attached hydrogens (tertiary/aromatic N) is 2. The highest BCUT2D eigenvalue weighted by Crippen LogP contribution is 2.25. The van der Waals surface area contributed by atoms with E-state index in [0.717, 1.165) is 0 Å². The fourth-order valence-corrected chi connectivity index (χ4v) is 4.95. The summed E-state index contributed by atoms with van der Waals surface area (Å²) in [6.45, 7) is 0.496. The number of pyridine rings is 1. The minimum atomic E-state index is -4.54. The third-order valence-electron chi connectivity index (χ3n) is 5.68. The molecule has 1 aromatic heterocycles. The zero-order chi connectivity index (χ0) is 24.5. The number of unbranched alkanes of at least 4 members (excludes halogenated alkanes) is 2. The molecule has 1 N–H and O–H groups in total. The minimum Gasteiger partial charge on any atom is -0.481 e. The lowest BCUT2D eigenvalue weighted by molar-refractivity contribution is -0.163. The Morgan fingerprint density at radius 1 is 0.912 bits per heavy atom. The zero-order valence-corrected chi connectivity index (χ0v) is 18.9. The number of hydrogen-bond donors (Lipinski definition) is 1. The number of carbonyl (C=O) groups excluding carboxylic acids is 2. The van der Waals surface area contributed by atoms with Crippen LogP contribution in [0.15, 0.2) is 52.2 Å². The van der Waals surface area contributed by atoms with E-state index in [-0.39, 0.29) is 40.0 Å². The molecule has 11 heteroatoms. The lowest BCUT2D eigenvalue weighted by atomic mass is 10.1. The summed E-state index contributed by atoms with van der Waals surface area (Å²) in [5.74, 6) is -2.34. The van der Waals surface area contributed by atoms with Crippen LogP contribution in [0.2, 0.25) is 0 Å². The van der Waals surface area contributed by atoms with Gasteiger partial charge in [-0.25, -0.2) is 0 Å². The first kappa shape index (κ1) is 23.6. The van der Waals surface area contributed by atoms with Crippen molar-refractivity contribution in [1.29, 1.82) is 0 Å². The van der Waals surface area contributed by atoms with Crippen molar-refractivity contribution < 1.29 is 32.2 Å². The first-order valence-electron chi connectivity index (χ1n) is 10.8. The predicted molar refractivity (Wildman–Crippen MR) is 121 cm³/mol. The van der Waals surface area contributed by atoms with Crippen LogP contribution in [0.25, 0.3) is 21.8 Å². The molecule has 178 valence electrons. The van der Waals surface area contributed by atoms with Crippen LogP contribution < -0.4 is 5.43 Å². The molecule has 10 nitrogen and oxygen atoms in total.